The van der Waals surface area contributed by atoms with Gasteiger partial charge in [0, 0.05) is 11.6 Å². The lowest BCUT2D eigenvalue weighted by molar-refractivity contribution is 0.0919. The summed E-state index contributed by atoms with van der Waals surface area (Å²) >= 11 is 0. The zero-order valence-corrected chi connectivity index (χ0v) is 13.2. The van der Waals surface area contributed by atoms with Gasteiger partial charge < -0.3 is 4.74 Å². The van der Waals surface area contributed by atoms with E-state index in [-0.39, 0.29) is 17.7 Å². The molecule has 0 radical (unpaired) electrons. The van der Waals surface area contributed by atoms with E-state index in [0.717, 1.165) is 5.75 Å². The van der Waals surface area contributed by atoms with Crippen LogP contribution in [0.5, 0.6) is 5.75 Å². The number of nitrogens with one attached hydrogen (secondary N) is 1. The van der Waals surface area contributed by atoms with Crippen LogP contribution in [0, 0.1) is 6.92 Å². The molecular formula is C19H23NO. The molecule has 2 atom stereocenters. The predicted molar refractivity (Wildman–Crippen MR) is 86.6 cm³/mol. The molecule has 1 heterocycles. The Morgan fingerprint density at radius 1 is 1.10 bits per heavy atom. The number of para-hydroxylation sites is 1. The van der Waals surface area contributed by atoms with Gasteiger partial charge in [-0.2, -0.15) is 0 Å². The molecule has 2 nitrogen and oxygen atoms in total. The molecule has 1 aliphatic heterocycles. The molecule has 0 spiro atoms. The van der Waals surface area contributed by atoms with Crippen LogP contribution in [0.2, 0.25) is 0 Å². The molecule has 0 fully saturated rings. The third-order valence-corrected chi connectivity index (χ3v) is 4.26. The maximum atomic E-state index is 6.10. The maximum absolute atomic E-state index is 6.10. The van der Waals surface area contributed by atoms with Crippen LogP contribution in [0.25, 0.3) is 0 Å². The summed E-state index contributed by atoms with van der Waals surface area (Å²) in [6.07, 6.45) is 0. The molecule has 0 saturated carbocycles. The van der Waals surface area contributed by atoms with Gasteiger partial charge in [0.05, 0.1) is 6.04 Å². The Morgan fingerprint density at radius 3 is 2.62 bits per heavy atom. The van der Waals surface area contributed by atoms with Crippen molar-refractivity contribution in [3.63, 3.8) is 0 Å². The molecule has 0 saturated heterocycles. The number of benzene rings is 2. The normalized spacial score (nSPS) is 20.7. The fourth-order valence-electron chi connectivity index (χ4n) is 3.10. The quantitative estimate of drug-likeness (QED) is 0.890. The van der Waals surface area contributed by atoms with Crippen LogP contribution in [0.4, 0.5) is 0 Å². The summed E-state index contributed by atoms with van der Waals surface area (Å²) in [7, 11) is 0. The highest BCUT2D eigenvalue weighted by Crippen LogP contribution is 2.43. The summed E-state index contributed by atoms with van der Waals surface area (Å²) in [6.45, 7) is 8.64. The standard InChI is InChI=1S/C19H23NO/c1-13-8-7-9-15(12-13)14(2)20-18-16-10-5-6-11-17(16)21-19(18,3)4/h5-12,14,18,20H,1-4H3/t14-,18?/m1/s1. The van der Waals surface area contributed by atoms with E-state index in [1.165, 1.54) is 16.7 Å². The lowest BCUT2D eigenvalue weighted by Gasteiger charge is -2.30. The topological polar surface area (TPSA) is 21.3 Å². The van der Waals surface area contributed by atoms with Gasteiger partial charge in [-0.05, 0) is 39.3 Å². The number of ether oxygens (including phenoxy) is 1. The summed E-state index contributed by atoms with van der Waals surface area (Å²) < 4.78 is 6.10. The molecule has 0 bridgehead atoms. The second-order valence-corrected chi connectivity index (χ2v) is 6.48. The third kappa shape index (κ3) is 2.68. The van der Waals surface area contributed by atoms with Crippen LogP contribution in [-0.2, 0) is 0 Å². The second-order valence-electron chi connectivity index (χ2n) is 6.48. The maximum Gasteiger partial charge on any atom is 0.125 e. The smallest absolute Gasteiger partial charge is 0.125 e. The molecule has 1 aliphatic rings. The highest BCUT2D eigenvalue weighted by Gasteiger charge is 2.41. The Balaban J connectivity index is 1.87. The second kappa shape index (κ2) is 5.19. The Labute approximate surface area is 127 Å². The molecule has 21 heavy (non-hydrogen) atoms. The van der Waals surface area contributed by atoms with E-state index >= 15 is 0 Å². The van der Waals surface area contributed by atoms with Gasteiger partial charge in [0.15, 0.2) is 0 Å². The van der Waals surface area contributed by atoms with Gasteiger partial charge in [-0.15, -0.1) is 0 Å². The molecule has 0 amide bonds. The van der Waals surface area contributed by atoms with Crippen molar-refractivity contribution in [1.82, 2.24) is 5.32 Å². The summed E-state index contributed by atoms with van der Waals surface area (Å²) in [5.41, 5.74) is 3.63. The zero-order chi connectivity index (χ0) is 15.0. The summed E-state index contributed by atoms with van der Waals surface area (Å²) in [4.78, 5) is 0. The number of hydrogen-bond donors (Lipinski definition) is 1. The summed E-state index contributed by atoms with van der Waals surface area (Å²) in [5.74, 6) is 0.997. The lowest BCUT2D eigenvalue weighted by Crippen LogP contribution is -2.40. The van der Waals surface area contributed by atoms with Crippen molar-refractivity contribution in [2.75, 3.05) is 0 Å². The highest BCUT2D eigenvalue weighted by atomic mass is 16.5. The van der Waals surface area contributed by atoms with Crippen LogP contribution >= 0.6 is 0 Å². The van der Waals surface area contributed by atoms with Crippen molar-refractivity contribution in [3.05, 3.63) is 65.2 Å². The van der Waals surface area contributed by atoms with Crippen molar-refractivity contribution in [3.8, 4) is 5.75 Å². The van der Waals surface area contributed by atoms with Gasteiger partial charge in [0.2, 0.25) is 0 Å². The summed E-state index contributed by atoms with van der Waals surface area (Å²) in [5, 5.41) is 3.74. The number of hydrogen-bond acceptors (Lipinski definition) is 2. The lowest BCUT2D eigenvalue weighted by atomic mass is 9.93. The molecule has 2 aromatic rings. The molecule has 2 aromatic carbocycles. The zero-order valence-electron chi connectivity index (χ0n) is 13.2. The van der Waals surface area contributed by atoms with Crippen molar-refractivity contribution in [2.24, 2.45) is 0 Å². The van der Waals surface area contributed by atoms with E-state index in [9.17, 15) is 0 Å². The largest absolute Gasteiger partial charge is 0.486 e. The average Bonchev–Trinajstić information content (AvgIpc) is 2.69. The Hall–Kier alpha value is -1.80. The molecular weight excluding hydrogens is 258 g/mol. The minimum atomic E-state index is -0.234. The average molecular weight is 281 g/mol. The molecule has 2 heteroatoms. The van der Waals surface area contributed by atoms with Gasteiger partial charge in [-0.25, -0.2) is 0 Å². The van der Waals surface area contributed by atoms with Crippen LogP contribution in [0.15, 0.2) is 48.5 Å². The van der Waals surface area contributed by atoms with E-state index in [0.29, 0.717) is 0 Å². The first-order valence-electron chi connectivity index (χ1n) is 7.58. The van der Waals surface area contributed by atoms with Crippen molar-refractivity contribution < 1.29 is 4.74 Å². The third-order valence-electron chi connectivity index (χ3n) is 4.26. The van der Waals surface area contributed by atoms with Crippen LogP contribution in [-0.4, -0.2) is 5.60 Å². The van der Waals surface area contributed by atoms with E-state index in [1.807, 2.05) is 6.07 Å². The highest BCUT2D eigenvalue weighted by molar-refractivity contribution is 5.42. The Bertz CT molecular complexity index is 648. The van der Waals surface area contributed by atoms with Gasteiger partial charge >= 0.3 is 0 Å². The van der Waals surface area contributed by atoms with E-state index in [1.54, 1.807) is 0 Å². The first kappa shape index (κ1) is 14.2. The molecule has 0 aromatic heterocycles. The minimum Gasteiger partial charge on any atom is -0.486 e. The van der Waals surface area contributed by atoms with E-state index < -0.39 is 0 Å². The number of fused-ring (bicyclic) bond motifs is 1. The fraction of sp³-hybridized carbons (Fsp3) is 0.368. The minimum absolute atomic E-state index is 0.198. The van der Waals surface area contributed by atoms with Gasteiger partial charge in [-0.1, -0.05) is 48.0 Å². The SMILES string of the molecule is Cc1cccc([C@@H](C)NC2c3ccccc3OC2(C)C)c1. The molecule has 1 unspecified atom stereocenters. The van der Waals surface area contributed by atoms with E-state index in [2.05, 4.69) is 75.5 Å². The molecule has 3 rings (SSSR count). The van der Waals surface area contributed by atoms with Crippen molar-refractivity contribution in [2.45, 2.75) is 45.4 Å². The van der Waals surface area contributed by atoms with Gasteiger partial charge in [0.1, 0.15) is 11.4 Å². The Kier molecular flexibility index (Phi) is 3.50. The van der Waals surface area contributed by atoms with Gasteiger partial charge in [-0.3, -0.25) is 5.32 Å². The monoisotopic (exact) mass is 281 g/mol. The molecule has 110 valence electrons. The van der Waals surface area contributed by atoms with Crippen molar-refractivity contribution in [1.29, 1.82) is 0 Å². The van der Waals surface area contributed by atoms with Crippen molar-refractivity contribution >= 4 is 0 Å². The Morgan fingerprint density at radius 2 is 1.86 bits per heavy atom. The number of aryl methyl sites for hydroxylation is 1. The predicted octanol–water partition coefficient (Wildman–Crippen LogP) is 4.56. The van der Waals surface area contributed by atoms with Crippen LogP contribution < -0.4 is 10.1 Å². The summed E-state index contributed by atoms with van der Waals surface area (Å²) in [6, 6.07) is 17.5. The number of rotatable bonds is 3. The van der Waals surface area contributed by atoms with Gasteiger partial charge in [0.25, 0.3) is 0 Å². The first-order chi connectivity index (χ1) is 9.97. The molecule has 1 N–H and O–H groups in total. The molecule has 0 aliphatic carbocycles. The first-order valence-corrected chi connectivity index (χ1v) is 7.58. The van der Waals surface area contributed by atoms with Crippen LogP contribution in [0.1, 0.15) is 49.5 Å². The fourth-order valence-corrected chi connectivity index (χ4v) is 3.10. The van der Waals surface area contributed by atoms with Crippen LogP contribution in [0.3, 0.4) is 0 Å². The van der Waals surface area contributed by atoms with E-state index in [4.69, 9.17) is 4.74 Å².